The number of fused-ring (bicyclic) bond motifs is 1. The van der Waals surface area contributed by atoms with Gasteiger partial charge in [0.15, 0.2) is 5.65 Å². The molecule has 0 radical (unpaired) electrons. The molecule has 0 aromatic carbocycles. The fourth-order valence-corrected chi connectivity index (χ4v) is 1.68. The Hall–Kier alpha value is -1.42. The Morgan fingerprint density at radius 3 is 3.00 bits per heavy atom. The van der Waals surface area contributed by atoms with Gasteiger partial charge in [-0.3, -0.25) is 0 Å². The summed E-state index contributed by atoms with van der Waals surface area (Å²) in [5.41, 5.74) is 8.91. The van der Waals surface area contributed by atoms with Crippen LogP contribution in [-0.2, 0) is 0 Å². The van der Waals surface area contributed by atoms with E-state index in [2.05, 4.69) is 21.9 Å². The molecule has 3 N–H and O–H groups in total. The monoisotopic (exact) mass is 204 g/mol. The molecule has 0 spiro atoms. The number of nitrogens with zero attached hydrogens (tertiary/aromatic N) is 2. The Balaban J connectivity index is 2.43. The van der Waals surface area contributed by atoms with Crippen molar-refractivity contribution < 1.29 is 0 Å². The van der Waals surface area contributed by atoms with Crippen LogP contribution in [0.15, 0.2) is 12.3 Å². The minimum absolute atomic E-state index is 0.0106. The molecule has 2 heterocycles. The van der Waals surface area contributed by atoms with E-state index >= 15 is 0 Å². The second kappa shape index (κ2) is 3.98. The van der Waals surface area contributed by atoms with Crippen LogP contribution < -0.4 is 5.73 Å². The molecule has 0 saturated heterocycles. The van der Waals surface area contributed by atoms with Crippen molar-refractivity contribution in [1.82, 2.24) is 15.0 Å². The van der Waals surface area contributed by atoms with Crippen LogP contribution in [0.3, 0.4) is 0 Å². The largest absolute Gasteiger partial charge is 0.339 e. The Morgan fingerprint density at radius 1 is 1.53 bits per heavy atom. The fourth-order valence-electron chi connectivity index (χ4n) is 1.68. The van der Waals surface area contributed by atoms with Crippen LogP contribution in [0, 0.1) is 6.92 Å². The fraction of sp³-hybridized carbons (Fsp3) is 0.455. The van der Waals surface area contributed by atoms with Crippen molar-refractivity contribution in [3.8, 4) is 0 Å². The van der Waals surface area contributed by atoms with Crippen LogP contribution in [0.1, 0.15) is 37.2 Å². The van der Waals surface area contributed by atoms with Gasteiger partial charge in [0, 0.05) is 6.20 Å². The van der Waals surface area contributed by atoms with E-state index in [1.54, 1.807) is 6.20 Å². The topological polar surface area (TPSA) is 67.6 Å². The van der Waals surface area contributed by atoms with Gasteiger partial charge in [0.25, 0.3) is 0 Å². The summed E-state index contributed by atoms with van der Waals surface area (Å²) in [7, 11) is 0. The van der Waals surface area contributed by atoms with Crippen molar-refractivity contribution in [2.45, 2.75) is 32.7 Å². The number of imidazole rings is 1. The smallest absolute Gasteiger partial charge is 0.178 e. The molecule has 0 aliphatic heterocycles. The number of pyridine rings is 1. The third-order valence-corrected chi connectivity index (χ3v) is 2.57. The summed E-state index contributed by atoms with van der Waals surface area (Å²) in [4.78, 5) is 11.9. The van der Waals surface area contributed by atoms with E-state index in [-0.39, 0.29) is 6.04 Å². The van der Waals surface area contributed by atoms with E-state index in [1.165, 1.54) is 0 Å². The van der Waals surface area contributed by atoms with E-state index in [0.717, 1.165) is 35.4 Å². The number of aryl methyl sites for hydroxylation is 1. The lowest BCUT2D eigenvalue weighted by Gasteiger charge is -2.04. The third-order valence-electron chi connectivity index (χ3n) is 2.57. The molecule has 1 unspecified atom stereocenters. The standard InChI is InChI=1S/C11H16N4/c1-3-4-8(12)10-14-9-7(2)5-6-13-11(9)15-10/h5-6,8H,3-4,12H2,1-2H3,(H,13,14,15). The lowest BCUT2D eigenvalue weighted by Crippen LogP contribution is -2.11. The van der Waals surface area contributed by atoms with Gasteiger partial charge in [0.2, 0.25) is 0 Å². The normalized spacial score (nSPS) is 13.3. The second-order valence-electron chi connectivity index (χ2n) is 3.84. The van der Waals surface area contributed by atoms with Gasteiger partial charge in [-0.15, -0.1) is 0 Å². The molecule has 0 aliphatic carbocycles. The molecular weight excluding hydrogens is 188 g/mol. The zero-order valence-electron chi connectivity index (χ0n) is 9.12. The molecule has 4 nitrogen and oxygen atoms in total. The predicted octanol–water partition coefficient (Wildman–Crippen LogP) is 2.07. The van der Waals surface area contributed by atoms with Gasteiger partial charge in [0.1, 0.15) is 5.82 Å². The van der Waals surface area contributed by atoms with Gasteiger partial charge in [-0.1, -0.05) is 13.3 Å². The van der Waals surface area contributed by atoms with Gasteiger partial charge in [0.05, 0.1) is 11.6 Å². The highest BCUT2D eigenvalue weighted by atomic mass is 15.0. The maximum absolute atomic E-state index is 6.00. The highest BCUT2D eigenvalue weighted by Gasteiger charge is 2.11. The van der Waals surface area contributed by atoms with Crippen LogP contribution in [-0.4, -0.2) is 15.0 Å². The molecule has 1 atom stereocenters. The molecule has 0 aliphatic rings. The van der Waals surface area contributed by atoms with Crippen LogP contribution in [0.2, 0.25) is 0 Å². The van der Waals surface area contributed by atoms with Crippen LogP contribution in [0.4, 0.5) is 0 Å². The molecular formula is C11H16N4. The zero-order valence-corrected chi connectivity index (χ0v) is 9.12. The first-order chi connectivity index (χ1) is 7.22. The Morgan fingerprint density at radius 2 is 2.33 bits per heavy atom. The summed E-state index contributed by atoms with van der Waals surface area (Å²) in [6.45, 7) is 4.16. The Kier molecular flexibility index (Phi) is 2.68. The van der Waals surface area contributed by atoms with E-state index < -0.39 is 0 Å². The summed E-state index contributed by atoms with van der Waals surface area (Å²) in [6.07, 6.45) is 3.77. The number of hydrogen-bond donors (Lipinski definition) is 2. The van der Waals surface area contributed by atoms with Gasteiger partial charge in [-0.05, 0) is 25.0 Å². The van der Waals surface area contributed by atoms with Crippen molar-refractivity contribution in [2.75, 3.05) is 0 Å². The molecule has 0 saturated carbocycles. The van der Waals surface area contributed by atoms with E-state index in [0.29, 0.717) is 0 Å². The maximum Gasteiger partial charge on any atom is 0.178 e. The molecule has 2 rings (SSSR count). The zero-order chi connectivity index (χ0) is 10.8. The maximum atomic E-state index is 6.00. The van der Waals surface area contributed by atoms with Crippen LogP contribution >= 0.6 is 0 Å². The van der Waals surface area contributed by atoms with Crippen LogP contribution in [0.5, 0.6) is 0 Å². The molecule has 4 heteroatoms. The van der Waals surface area contributed by atoms with E-state index in [1.807, 2.05) is 13.0 Å². The first kappa shape index (κ1) is 10.1. The second-order valence-corrected chi connectivity index (χ2v) is 3.84. The van der Waals surface area contributed by atoms with Gasteiger partial charge in [-0.2, -0.15) is 0 Å². The minimum atomic E-state index is -0.0106. The molecule has 0 bridgehead atoms. The van der Waals surface area contributed by atoms with Gasteiger partial charge < -0.3 is 10.7 Å². The predicted molar refractivity (Wildman–Crippen MR) is 60.5 cm³/mol. The highest BCUT2D eigenvalue weighted by Crippen LogP contribution is 2.18. The first-order valence-corrected chi connectivity index (χ1v) is 5.29. The molecule has 0 fully saturated rings. The Labute approximate surface area is 88.9 Å². The average Bonchev–Trinajstić information content (AvgIpc) is 2.63. The summed E-state index contributed by atoms with van der Waals surface area (Å²) in [5.74, 6) is 0.841. The van der Waals surface area contributed by atoms with Crippen molar-refractivity contribution >= 4 is 11.2 Å². The summed E-state index contributed by atoms with van der Waals surface area (Å²) < 4.78 is 0. The number of aromatic nitrogens is 3. The van der Waals surface area contributed by atoms with Crippen molar-refractivity contribution in [3.63, 3.8) is 0 Å². The first-order valence-electron chi connectivity index (χ1n) is 5.29. The summed E-state index contributed by atoms with van der Waals surface area (Å²) in [6, 6.07) is 1.96. The van der Waals surface area contributed by atoms with E-state index in [4.69, 9.17) is 5.73 Å². The number of nitrogens with two attached hydrogens (primary N) is 1. The summed E-state index contributed by atoms with van der Waals surface area (Å²) in [5, 5.41) is 0. The quantitative estimate of drug-likeness (QED) is 0.804. The molecule has 2 aromatic heterocycles. The number of H-pyrrole nitrogens is 1. The van der Waals surface area contributed by atoms with Crippen molar-refractivity contribution in [3.05, 3.63) is 23.7 Å². The Bertz CT molecular complexity index is 461. The average molecular weight is 204 g/mol. The molecule has 80 valence electrons. The minimum Gasteiger partial charge on any atom is -0.339 e. The van der Waals surface area contributed by atoms with Crippen molar-refractivity contribution in [2.24, 2.45) is 5.73 Å². The van der Waals surface area contributed by atoms with E-state index in [9.17, 15) is 0 Å². The van der Waals surface area contributed by atoms with Crippen LogP contribution in [0.25, 0.3) is 11.2 Å². The number of hydrogen-bond acceptors (Lipinski definition) is 3. The van der Waals surface area contributed by atoms with Gasteiger partial charge >= 0.3 is 0 Å². The number of aromatic amines is 1. The molecule has 0 amide bonds. The van der Waals surface area contributed by atoms with Gasteiger partial charge in [-0.25, -0.2) is 9.97 Å². The molecule has 15 heavy (non-hydrogen) atoms. The number of nitrogens with one attached hydrogen (secondary N) is 1. The highest BCUT2D eigenvalue weighted by molar-refractivity contribution is 5.74. The number of rotatable bonds is 3. The molecule has 2 aromatic rings. The lowest BCUT2D eigenvalue weighted by atomic mass is 10.2. The summed E-state index contributed by atoms with van der Waals surface area (Å²) >= 11 is 0. The van der Waals surface area contributed by atoms with Crippen molar-refractivity contribution in [1.29, 1.82) is 0 Å². The lowest BCUT2D eigenvalue weighted by molar-refractivity contribution is 0.610. The third kappa shape index (κ3) is 1.85. The SMILES string of the molecule is CCCC(N)c1nc2nccc(C)c2[nH]1.